The third-order valence-corrected chi connectivity index (χ3v) is 2.39. The van der Waals surface area contributed by atoms with E-state index in [-0.39, 0.29) is 0 Å². The molecule has 3 nitrogen and oxygen atoms in total. The molecule has 2 rings (SSSR count). The molecule has 0 bridgehead atoms. The zero-order valence-electron chi connectivity index (χ0n) is 9.95. The summed E-state index contributed by atoms with van der Waals surface area (Å²) in [5.41, 5.74) is 4.02. The molecule has 0 unspecified atom stereocenters. The lowest BCUT2D eigenvalue weighted by Crippen LogP contribution is -1.97. The highest BCUT2D eigenvalue weighted by molar-refractivity contribution is 6.06. The minimum Gasteiger partial charge on any atom is -0.494 e. The van der Waals surface area contributed by atoms with Crippen LogP contribution < -0.4 is 4.74 Å². The number of rotatable bonds is 2. The first-order chi connectivity index (χ1) is 7.69. The molecule has 1 aliphatic rings. The Morgan fingerprint density at radius 3 is 2.50 bits per heavy atom. The Balaban J connectivity index is 2.46. The van der Waals surface area contributed by atoms with E-state index in [1.54, 1.807) is 0 Å². The van der Waals surface area contributed by atoms with Crippen LogP contribution in [0.4, 0.5) is 11.4 Å². The second-order valence-corrected chi connectivity index (χ2v) is 3.95. The monoisotopic (exact) mass is 216 g/mol. The van der Waals surface area contributed by atoms with Crippen LogP contribution in [0, 0.1) is 0 Å². The van der Waals surface area contributed by atoms with Gasteiger partial charge in [-0.05, 0) is 32.9 Å². The first kappa shape index (κ1) is 10.9. The molecule has 0 spiro atoms. The van der Waals surface area contributed by atoms with Crippen LogP contribution in [-0.4, -0.2) is 18.0 Å². The van der Waals surface area contributed by atoms with Crippen molar-refractivity contribution in [1.82, 2.24) is 0 Å². The van der Waals surface area contributed by atoms with E-state index < -0.39 is 0 Å². The summed E-state index contributed by atoms with van der Waals surface area (Å²) < 4.78 is 5.46. The Morgan fingerprint density at radius 1 is 1.12 bits per heavy atom. The summed E-state index contributed by atoms with van der Waals surface area (Å²) in [6.07, 6.45) is 0.846. The molecule has 3 heteroatoms. The van der Waals surface area contributed by atoms with Crippen molar-refractivity contribution in [2.24, 2.45) is 9.98 Å². The maximum atomic E-state index is 5.46. The van der Waals surface area contributed by atoms with Gasteiger partial charge in [0.25, 0.3) is 0 Å². The molecular weight excluding hydrogens is 200 g/mol. The van der Waals surface area contributed by atoms with Crippen molar-refractivity contribution in [3.05, 3.63) is 18.2 Å². The standard InChI is InChI=1S/C13H16N2O/c1-4-16-11-5-6-12-13(8-11)15-10(3)7-9(2)14-12/h5-6,8H,4,7H2,1-3H3. The first-order valence-corrected chi connectivity index (χ1v) is 5.54. The molecule has 0 fully saturated rings. The summed E-state index contributed by atoms with van der Waals surface area (Å²) in [4.78, 5) is 9.09. The average Bonchev–Trinajstić information content (AvgIpc) is 2.35. The van der Waals surface area contributed by atoms with Gasteiger partial charge in [0.05, 0.1) is 18.0 Å². The maximum absolute atomic E-state index is 5.46. The number of hydrogen-bond acceptors (Lipinski definition) is 3. The van der Waals surface area contributed by atoms with Gasteiger partial charge in [-0.2, -0.15) is 0 Å². The van der Waals surface area contributed by atoms with E-state index in [0.29, 0.717) is 6.61 Å². The molecule has 0 radical (unpaired) electrons. The predicted molar refractivity (Wildman–Crippen MR) is 67.8 cm³/mol. The fraction of sp³-hybridized carbons (Fsp3) is 0.385. The van der Waals surface area contributed by atoms with E-state index in [4.69, 9.17) is 4.74 Å². The quantitative estimate of drug-likeness (QED) is 0.742. The second kappa shape index (κ2) is 4.47. The lowest BCUT2D eigenvalue weighted by Gasteiger charge is -2.05. The van der Waals surface area contributed by atoms with Crippen LogP contribution in [0.2, 0.25) is 0 Å². The van der Waals surface area contributed by atoms with Crippen LogP contribution in [0.25, 0.3) is 0 Å². The number of fused-ring (bicyclic) bond motifs is 1. The molecular formula is C13H16N2O. The summed E-state index contributed by atoms with van der Waals surface area (Å²) >= 11 is 0. The van der Waals surface area contributed by atoms with Gasteiger partial charge in [0.15, 0.2) is 0 Å². The van der Waals surface area contributed by atoms with Crippen molar-refractivity contribution in [1.29, 1.82) is 0 Å². The summed E-state index contributed by atoms with van der Waals surface area (Å²) in [6, 6.07) is 5.85. The third-order valence-electron chi connectivity index (χ3n) is 2.39. The van der Waals surface area contributed by atoms with Gasteiger partial charge >= 0.3 is 0 Å². The van der Waals surface area contributed by atoms with Crippen molar-refractivity contribution in [3.8, 4) is 5.75 Å². The summed E-state index contributed by atoms with van der Waals surface area (Å²) in [5.74, 6) is 0.854. The highest BCUT2D eigenvalue weighted by Crippen LogP contribution is 2.34. The molecule has 84 valence electrons. The van der Waals surface area contributed by atoms with Gasteiger partial charge in [-0.15, -0.1) is 0 Å². The largest absolute Gasteiger partial charge is 0.494 e. The van der Waals surface area contributed by atoms with Crippen molar-refractivity contribution < 1.29 is 4.74 Å². The Kier molecular flexibility index (Phi) is 3.04. The Morgan fingerprint density at radius 2 is 1.81 bits per heavy atom. The number of nitrogens with zero attached hydrogens (tertiary/aromatic N) is 2. The van der Waals surface area contributed by atoms with Gasteiger partial charge in [-0.3, -0.25) is 9.98 Å². The molecule has 16 heavy (non-hydrogen) atoms. The zero-order chi connectivity index (χ0) is 11.5. The first-order valence-electron chi connectivity index (χ1n) is 5.54. The Hall–Kier alpha value is -1.64. The number of benzene rings is 1. The van der Waals surface area contributed by atoms with E-state index in [9.17, 15) is 0 Å². The summed E-state index contributed by atoms with van der Waals surface area (Å²) in [5, 5.41) is 0. The normalized spacial score (nSPS) is 14.7. The molecule has 0 N–H and O–H groups in total. The highest BCUT2D eigenvalue weighted by atomic mass is 16.5. The fourth-order valence-corrected chi connectivity index (χ4v) is 1.80. The van der Waals surface area contributed by atoms with Gasteiger partial charge in [-0.25, -0.2) is 0 Å². The van der Waals surface area contributed by atoms with Crippen LogP contribution >= 0.6 is 0 Å². The van der Waals surface area contributed by atoms with E-state index in [0.717, 1.165) is 35.0 Å². The third kappa shape index (κ3) is 2.30. The molecule has 1 heterocycles. The average molecular weight is 216 g/mol. The Bertz CT molecular complexity index is 461. The second-order valence-electron chi connectivity index (χ2n) is 3.95. The molecule has 0 amide bonds. The minimum atomic E-state index is 0.670. The minimum absolute atomic E-state index is 0.670. The lowest BCUT2D eigenvalue weighted by molar-refractivity contribution is 0.340. The molecule has 1 aromatic carbocycles. The van der Waals surface area contributed by atoms with E-state index >= 15 is 0 Å². The van der Waals surface area contributed by atoms with E-state index in [1.807, 2.05) is 39.0 Å². The Labute approximate surface area is 95.9 Å². The SMILES string of the molecule is CCOc1ccc2c(c1)N=C(C)CC(C)=N2. The van der Waals surface area contributed by atoms with Crippen molar-refractivity contribution in [3.63, 3.8) is 0 Å². The van der Waals surface area contributed by atoms with Gasteiger partial charge < -0.3 is 4.74 Å². The highest BCUT2D eigenvalue weighted by Gasteiger charge is 2.08. The topological polar surface area (TPSA) is 34.0 Å². The van der Waals surface area contributed by atoms with Crippen molar-refractivity contribution in [2.75, 3.05) is 6.61 Å². The van der Waals surface area contributed by atoms with Gasteiger partial charge in [0.2, 0.25) is 0 Å². The number of aliphatic imine (C=N–C) groups is 2. The molecule has 0 aromatic heterocycles. The van der Waals surface area contributed by atoms with Gasteiger partial charge in [-0.1, -0.05) is 0 Å². The van der Waals surface area contributed by atoms with E-state index in [2.05, 4.69) is 9.98 Å². The lowest BCUT2D eigenvalue weighted by atomic mass is 10.2. The van der Waals surface area contributed by atoms with Gasteiger partial charge in [0.1, 0.15) is 5.75 Å². The van der Waals surface area contributed by atoms with Crippen LogP contribution in [0.3, 0.4) is 0 Å². The fourth-order valence-electron chi connectivity index (χ4n) is 1.80. The predicted octanol–water partition coefficient (Wildman–Crippen LogP) is 3.67. The molecule has 0 aliphatic carbocycles. The maximum Gasteiger partial charge on any atom is 0.121 e. The van der Waals surface area contributed by atoms with Crippen molar-refractivity contribution >= 4 is 22.8 Å². The van der Waals surface area contributed by atoms with Crippen LogP contribution in [0.1, 0.15) is 27.2 Å². The van der Waals surface area contributed by atoms with Crippen LogP contribution in [-0.2, 0) is 0 Å². The van der Waals surface area contributed by atoms with E-state index in [1.165, 1.54) is 0 Å². The number of hydrogen-bond donors (Lipinski definition) is 0. The van der Waals surface area contributed by atoms with Crippen LogP contribution in [0.15, 0.2) is 28.2 Å². The smallest absolute Gasteiger partial charge is 0.121 e. The summed E-state index contributed by atoms with van der Waals surface area (Å²) in [6.45, 7) is 6.71. The van der Waals surface area contributed by atoms with Crippen LogP contribution in [0.5, 0.6) is 5.75 Å². The molecule has 1 aliphatic heterocycles. The van der Waals surface area contributed by atoms with Crippen molar-refractivity contribution in [2.45, 2.75) is 27.2 Å². The summed E-state index contributed by atoms with van der Waals surface area (Å²) in [7, 11) is 0. The molecule has 0 saturated heterocycles. The molecule has 0 saturated carbocycles. The molecule has 0 atom stereocenters. The van der Waals surface area contributed by atoms with Gasteiger partial charge in [0, 0.05) is 23.9 Å². The number of ether oxygens (including phenoxy) is 1. The molecule has 1 aromatic rings. The zero-order valence-corrected chi connectivity index (χ0v) is 9.95.